The van der Waals surface area contributed by atoms with Crippen LogP contribution in [0, 0.1) is 0 Å². The summed E-state index contributed by atoms with van der Waals surface area (Å²) in [5, 5.41) is 15.4. The molecule has 0 saturated carbocycles. The molecular formula is C20H24N2O4. The van der Waals surface area contributed by atoms with Crippen LogP contribution < -0.4 is 15.4 Å². The summed E-state index contributed by atoms with van der Waals surface area (Å²) in [6, 6.07) is 16.8. The Morgan fingerprint density at radius 2 is 2.00 bits per heavy atom. The number of carbonyl (C=O) groups excluding carboxylic acids is 1. The van der Waals surface area contributed by atoms with Gasteiger partial charge in [-0.15, -0.1) is 0 Å². The summed E-state index contributed by atoms with van der Waals surface area (Å²) < 4.78 is 11.2. The summed E-state index contributed by atoms with van der Waals surface area (Å²) in [7, 11) is 0. The van der Waals surface area contributed by atoms with Gasteiger partial charge in [-0.2, -0.15) is 0 Å². The van der Waals surface area contributed by atoms with Gasteiger partial charge in [-0.05, 0) is 36.2 Å². The summed E-state index contributed by atoms with van der Waals surface area (Å²) in [6.07, 6.45) is -0.0145. The molecule has 0 spiro atoms. The van der Waals surface area contributed by atoms with Gasteiger partial charge < -0.3 is 25.2 Å². The largest absolute Gasteiger partial charge is 0.491 e. The van der Waals surface area contributed by atoms with Crippen LogP contribution in [-0.2, 0) is 16.1 Å². The van der Waals surface area contributed by atoms with Crippen molar-refractivity contribution in [1.29, 1.82) is 0 Å². The molecule has 1 aliphatic rings. The third-order valence-electron chi connectivity index (χ3n) is 4.13. The Hall–Kier alpha value is -2.41. The first-order chi connectivity index (χ1) is 12.7. The van der Waals surface area contributed by atoms with Crippen molar-refractivity contribution < 1.29 is 19.4 Å². The standard InChI is InChI=1S/C20H24N2O4/c23-17-12-19(21-13-17)20(24)22-16-6-4-5-15(11-16)14-25-9-10-26-18-7-2-1-3-8-18/h1-8,11,17,19,21,23H,9-10,12-14H2,(H,22,24). The van der Waals surface area contributed by atoms with Crippen LogP contribution in [0.25, 0.3) is 0 Å². The molecule has 1 aliphatic heterocycles. The molecule has 2 aromatic rings. The van der Waals surface area contributed by atoms with Crippen LogP contribution in [0.2, 0.25) is 0 Å². The molecule has 0 bridgehead atoms. The van der Waals surface area contributed by atoms with Gasteiger partial charge in [-0.25, -0.2) is 0 Å². The first kappa shape index (κ1) is 18.4. The van der Waals surface area contributed by atoms with Gasteiger partial charge in [0.05, 0.1) is 25.4 Å². The zero-order valence-electron chi connectivity index (χ0n) is 14.6. The second-order valence-electron chi connectivity index (χ2n) is 6.25. The number of hydrogen-bond acceptors (Lipinski definition) is 5. The highest BCUT2D eigenvalue weighted by Gasteiger charge is 2.27. The van der Waals surface area contributed by atoms with Gasteiger partial charge in [-0.1, -0.05) is 30.3 Å². The van der Waals surface area contributed by atoms with Crippen molar-refractivity contribution in [3.05, 3.63) is 60.2 Å². The zero-order valence-corrected chi connectivity index (χ0v) is 14.6. The van der Waals surface area contributed by atoms with Crippen LogP contribution in [0.5, 0.6) is 5.75 Å². The molecule has 0 aromatic heterocycles. The molecule has 1 amide bonds. The lowest BCUT2D eigenvalue weighted by Gasteiger charge is -2.12. The molecule has 2 unspecified atom stereocenters. The van der Waals surface area contributed by atoms with E-state index in [1.807, 2.05) is 54.6 Å². The van der Waals surface area contributed by atoms with Gasteiger partial charge >= 0.3 is 0 Å². The van der Waals surface area contributed by atoms with E-state index in [-0.39, 0.29) is 11.9 Å². The summed E-state index contributed by atoms with van der Waals surface area (Å²) >= 11 is 0. The highest BCUT2D eigenvalue weighted by atomic mass is 16.5. The van der Waals surface area contributed by atoms with E-state index < -0.39 is 6.10 Å². The van der Waals surface area contributed by atoms with Crippen molar-refractivity contribution in [3.8, 4) is 5.75 Å². The topological polar surface area (TPSA) is 79.8 Å². The number of ether oxygens (including phenoxy) is 2. The number of aliphatic hydroxyl groups is 1. The minimum atomic E-state index is -0.455. The number of aliphatic hydroxyl groups excluding tert-OH is 1. The Morgan fingerprint density at radius 3 is 2.77 bits per heavy atom. The number of para-hydroxylation sites is 1. The first-order valence-corrected chi connectivity index (χ1v) is 8.77. The normalized spacial score (nSPS) is 19.3. The summed E-state index contributed by atoms with van der Waals surface area (Å²) in [5.41, 5.74) is 1.70. The maximum atomic E-state index is 12.2. The fraction of sp³-hybridized carbons (Fsp3) is 0.350. The van der Waals surface area contributed by atoms with Crippen LogP contribution in [0.1, 0.15) is 12.0 Å². The van der Waals surface area contributed by atoms with Crippen molar-refractivity contribution in [1.82, 2.24) is 5.32 Å². The lowest BCUT2D eigenvalue weighted by molar-refractivity contribution is -0.117. The Kier molecular flexibility index (Phi) is 6.60. The van der Waals surface area contributed by atoms with Gasteiger partial charge in [0.1, 0.15) is 12.4 Å². The number of β-amino-alcohol motifs (C(OH)–C–C–N with tert-alkyl or cyclic N) is 1. The maximum Gasteiger partial charge on any atom is 0.241 e. The van der Waals surface area contributed by atoms with Crippen LogP contribution in [0.4, 0.5) is 5.69 Å². The van der Waals surface area contributed by atoms with Crippen molar-refractivity contribution in [2.24, 2.45) is 0 Å². The minimum absolute atomic E-state index is 0.129. The lowest BCUT2D eigenvalue weighted by Crippen LogP contribution is -2.35. The van der Waals surface area contributed by atoms with Gasteiger partial charge in [0.25, 0.3) is 0 Å². The molecular weight excluding hydrogens is 332 g/mol. The van der Waals surface area contributed by atoms with E-state index in [0.29, 0.717) is 32.8 Å². The molecule has 1 fully saturated rings. The molecule has 6 nitrogen and oxygen atoms in total. The number of carbonyl (C=O) groups is 1. The Morgan fingerprint density at radius 1 is 1.15 bits per heavy atom. The van der Waals surface area contributed by atoms with Gasteiger partial charge in [0, 0.05) is 12.2 Å². The fourth-order valence-electron chi connectivity index (χ4n) is 2.81. The van der Waals surface area contributed by atoms with E-state index in [2.05, 4.69) is 10.6 Å². The smallest absolute Gasteiger partial charge is 0.241 e. The van der Waals surface area contributed by atoms with Crippen LogP contribution in [0.15, 0.2) is 54.6 Å². The van der Waals surface area contributed by atoms with Crippen molar-refractivity contribution >= 4 is 11.6 Å². The first-order valence-electron chi connectivity index (χ1n) is 8.77. The van der Waals surface area contributed by atoms with Crippen molar-refractivity contribution in [3.63, 3.8) is 0 Å². The predicted octanol–water partition coefficient (Wildman–Crippen LogP) is 1.94. The van der Waals surface area contributed by atoms with Gasteiger partial charge in [-0.3, -0.25) is 4.79 Å². The highest BCUT2D eigenvalue weighted by molar-refractivity contribution is 5.95. The SMILES string of the molecule is O=C(Nc1cccc(COCCOc2ccccc2)c1)C1CC(O)CN1. The highest BCUT2D eigenvalue weighted by Crippen LogP contribution is 2.14. The molecule has 0 aliphatic carbocycles. The van der Waals surface area contributed by atoms with Crippen LogP contribution in [0.3, 0.4) is 0 Å². The van der Waals surface area contributed by atoms with Crippen LogP contribution in [-0.4, -0.2) is 42.9 Å². The molecule has 6 heteroatoms. The molecule has 1 heterocycles. The van der Waals surface area contributed by atoms with Crippen molar-refractivity contribution in [2.45, 2.75) is 25.2 Å². The molecule has 2 atom stereocenters. The van der Waals surface area contributed by atoms with E-state index in [1.54, 1.807) is 0 Å². The third kappa shape index (κ3) is 5.56. The quantitative estimate of drug-likeness (QED) is 0.630. The molecule has 0 radical (unpaired) electrons. The van der Waals surface area contributed by atoms with Crippen molar-refractivity contribution in [2.75, 3.05) is 25.1 Å². The van der Waals surface area contributed by atoms with E-state index in [1.165, 1.54) is 0 Å². The van der Waals surface area contributed by atoms with E-state index >= 15 is 0 Å². The third-order valence-corrected chi connectivity index (χ3v) is 4.13. The summed E-state index contributed by atoms with van der Waals surface area (Å²) in [5.74, 6) is 0.697. The molecule has 1 saturated heterocycles. The number of benzene rings is 2. The lowest BCUT2D eigenvalue weighted by atomic mass is 10.1. The number of hydrogen-bond donors (Lipinski definition) is 3. The average Bonchev–Trinajstić information content (AvgIpc) is 3.09. The fourth-order valence-corrected chi connectivity index (χ4v) is 2.81. The molecule has 3 rings (SSSR count). The Balaban J connectivity index is 1.40. The number of anilines is 1. The average molecular weight is 356 g/mol. The Bertz CT molecular complexity index is 708. The van der Waals surface area contributed by atoms with Gasteiger partial charge in [0.2, 0.25) is 5.91 Å². The van der Waals surface area contributed by atoms with E-state index in [9.17, 15) is 9.90 Å². The van der Waals surface area contributed by atoms with E-state index in [4.69, 9.17) is 9.47 Å². The Labute approximate surface area is 153 Å². The number of nitrogens with one attached hydrogen (secondary N) is 2. The number of amides is 1. The second kappa shape index (κ2) is 9.33. The van der Waals surface area contributed by atoms with Gasteiger partial charge in [0.15, 0.2) is 0 Å². The maximum absolute atomic E-state index is 12.2. The zero-order chi connectivity index (χ0) is 18.2. The summed E-state index contributed by atoms with van der Waals surface area (Å²) in [6.45, 7) is 1.87. The monoisotopic (exact) mass is 356 g/mol. The minimum Gasteiger partial charge on any atom is -0.491 e. The van der Waals surface area contributed by atoms with E-state index in [0.717, 1.165) is 17.0 Å². The second-order valence-corrected chi connectivity index (χ2v) is 6.25. The predicted molar refractivity (Wildman–Crippen MR) is 99.1 cm³/mol. The summed E-state index contributed by atoms with van der Waals surface area (Å²) in [4.78, 5) is 12.2. The molecule has 26 heavy (non-hydrogen) atoms. The number of rotatable bonds is 8. The molecule has 2 aromatic carbocycles. The van der Waals surface area contributed by atoms with Crippen LogP contribution >= 0.6 is 0 Å². The molecule has 138 valence electrons. The molecule has 3 N–H and O–H groups in total.